The molecule has 1 saturated carbocycles. The van der Waals surface area contributed by atoms with Crippen LogP contribution in [0.2, 0.25) is 0 Å². The van der Waals surface area contributed by atoms with E-state index < -0.39 is 59.2 Å². The number of phenolic OH excluding ortho intramolecular Hbond substituents is 2. The third-order valence-corrected chi connectivity index (χ3v) is 8.05. The van der Waals surface area contributed by atoms with E-state index in [4.69, 9.17) is 9.47 Å². The van der Waals surface area contributed by atoms with Crippen LogP contribution in [-0.4, -0.2) is 68.3 Å². The van der Waals surface area contributed by atoms with E-state index in [0.717, 1.165) is 5.56 Å². The zero-order valence-corrected chi connectivity index (χ0v) is 29.8. The van der Waals surface area contributed by atoms with Gasteiger partial charge in [0.05, 0.1) is 0 Å². The van der Waals surface area contributed by atoms with Gasteiger partial charge >= 0.3 is 12.1 Å². The van der Waals surface area contributed by atoms with E-state index in [0.29, 0.717) is 17.5 Å². The predicted molar refractivity (Wildman–Crippen MR) is 188 cm³/mol. The number of nitrogens with zero attached hydrogens (tertiary/aromatic N) is 1. The van der Waals surface area contributed by atoms with E-state index in [9.17, 15) is 29.4 Å². The summed E-state index contributed by atoms with van der Waals surface area (Å²) in [5, 5.41) is 26.0. The molecule has 1 fully saturated rings. The number of esters is 1. The van der Waals surface area contributed by atoms with Gasteiger partial charge in [0.25, 0.3) is 0 Å². The summed E-state index contributed by atoms with van der Waals surface area (Å²) in [5.41, 5.74) is 0.0735. The molecule has 3 aromatic carbocycles. The maximum Gasteiger partial charge on any atom is 0.408 e. The van der Waals surface area contributed by atoms with Gasteiger partial charge in [-0.25, -0.2) is 9.59 Å². The third kappa shape index (κ3) is 11.0. The van der Waals surface area contributed by atoms with E-state index in [1.165, 1.54) is 29.2 Å². The van der Waals surface area contributed by atoms with E-state index in [2.05, 4.69) is 10.6 Å². The van der Waals surface area contributed by atoms with Crippen molar-refractivity contribution in [3.05, 3.63) is 95.6 Å². The van der Waals surface area contributed by atoms with Crippen molar-refractivity contribution >= 4 is 23.9 Å². The third-order valence-electron chi connectivity index (χ3n) is 8.05. The smallest absolute Gasteiger partial charge is 0.408 e. The fourth-order valence-corrected chi connectivity index (χ4v) is 5.67. The highest BCUT2D eigenvalue weighted by atomic mass is 16.6. The standard InChI is InChI=1S/C39H49N3O8/c1-24-20-32(24)42(35(46)30(41-37(48)50-39(5,6)7)21-26-16-18-28(43)19-17-26)33(27-14-11-15-29(44)23-27)34(45)40-31(36(47)49-38(2,3)4)22-25-12-9-8-10-13-25/h8-19,23-24,30-33,43-44H,20-22H2,1-7H3,(H,40,45)(H,41,48). The molecule has 1 aliphatic rings. The molecule has 11 nitrogen and oxygen atoms in total. The molecule has 4 N–H and O–H groups in total. The summed E-state index contributed by atoms with van der Waals surface area (Å²) >= 11 is 0. The molecule has 0 bridgehead atoms. The molecule has 0 heterocycles. The van der Waals surface area contributed by atoms with Gasteiger partial charge < -0.3 is 35.2 Å². The van der Waals surface area contributed by atoms with Gasteiger partial charge in [0.1, 0.15) is 40.8 Å². The molecule has 0 aliphatic heterocycles. The van der Waals surface area contributed by atoms with Crippen LogP contribution in [0, 0.1) is 5.92 Å². The fourth-order valence-electron chi connectivity index (χ4n) is 5.67. The normalized spacial score (nSPS) is 17.4. The molecule has 1 aliphatic carbocycles. The Morgan fingerprint density at radius 2 is 1.34 bits per heavy atom. The van der Waals surface area contributed by atoms with Crippen LogP contribution in [0.1, 0.15) is 77.6 Å². The van der Waals surface area contributed by atoms with Crippen molar-refractivity contribution in [1.29, 1.82) is 0 Å². The lowest BCUT2D eigenvalue weighted by molar-refractivity contribution is -0.159. The van der Waals surface area contributed by atoms with Crippen molar-refractivity contribution in [2.24, 2.45) is 5.92 Å². The number of hydrogen-bond donors (Lipinski definition) is 4. The molecule has 4 rings (SSSR count). The van der Waals surface area contributed by atoms with Crippen molar-refractivity contribution in [2.45, 2.75) is 103 Å². The van der Waals surface area contributed by atoms with Crippen molar-refractivity contribution in [2.75, 3.05) is 0 Å². The zero-order chi connectivity index (χ0) is 36.8. The van der Waals surface area contributed by atoms with Gasteiger partial charge in [0, 0.05) is 18.9 Å². The highest BCUT2D eigenvalue weighted by Crippen LogP contribution is 2.41. The molecule has 0 saturated heterocycles. The van der Waals surface area contributed by atoms with Gasteiger partial charge in [-0.3, -0.25) is 9.59 Å². The summed E-state index contributed by atoms with van der Waals surface area (Å²) in [6.45, 7) is 12.3. The number of phenols is 2. The molecule has 11 heteroatoms. The number of carbonyl (C=O) groups excluding carboxylic acids is 4. The molecule has 0 spiro atoms. The number of ether oxygens (including phenoxy) is 2. The monoisotopic (exact) mass is 687 g/mol. The SMILES string of the molecule is CC1CC1N(C(=O)C(Cc1ccc(O)cc1)NC(=O)OC(C)(C)C)C(C(=O)NC(Cc1ccccc1)C(=O)OC(C)(C)C)c1cccc(O)c1. The summed E-state index contributed by atoms with van der Waals surface area (Å²) in [4.78, 5) is 57.5. The lowest BCUT2D eigenvalue weighted by Gasteiger charge is -2.36. The molecular formula is C39H49N3O8. The van der Waals surface area contributed by atoms with Crippen LogP contribution in [0.25, 0.3) is 0 Å². The van der Waals surface area contributed by atoms with Crippen molar-refractivity contribution < 1.29 is 38.9 Å². The van der Waals surface area contributed by atoms with Gasteiger partial charge in [-0.1, -0.05) is 61.5 Å². The van der Waals surface area contributed by atoms with Crippen LogP contribution in [0.5, 0.6) is 11.5 Å². The molecular weight excluding hydrogens is 638 g/mol. The molecule has 0 aromatic heterocycles. The van der Waals surface area contributed by atoms with Crippen molar-refractivity contribution in [1.82, 2.24) is 15.5 Å². The van der Waals surface area contributed by atoms with E-state index in [1.807, 2.05) is 37.3 Å². The largest absolute Gasteiger partial charge is 0.508 e. The van der Waals surface area contributed by atoms with E-state index >= 15 is 0 Å². The van der Waals surface area contributed by atoms with Crippen LogP contribution in [0.4, 0.5) is 4.79 Å². The van der Waals surface area contributed by atoms with Crippen LogP contribution in [0.3, 0.4) is 0 Å². The highest BCUT2D eigenvalue weighted by Gasteiger charge is 2.49. The van der Waals surface area contributed by atoms with E-state index in [1.54, 1.807) is 65.8 Å². The van der Waals surface area contributed by atoms with Crippen molar-refractivity contribution in [3.63, 3.8) is 0 Å². The number of hydrogen-bond acceptors (Lipinski definition) is 8. The Morgan fingerprint density at radius 1 is 0.760 bits per heavy atom. The summed E-state index contributed by atoms with van der Waals surface area (Å²) in [6.07, 6.45) is -0.0683. The molecule has 268 valence electrons. The predicted octanol–water partition coefficient (Wildman–Crippen LogP) is 5.58. The van der Waals surface area contributed by atoms with Crippen LogP contribution in [-0.2, 0) is 36.7 Å². The Bertz CT molecular complexity index is 1650. The van der Waals surface area contributed by atoms with Crippen LogP contribution in [0.15, 0.2) is 78.9 Å². The maximum atomic E-state index is 14.8. The average Bonchev–Trinajstić information content (AvgIpc) is 3.74. The molecule has 5 unspecified atom stereocenters. The summed E-state index contributed by atoms with van der Waals surface area (Å²) in [6, 6.07) is 17.6. The number of rotatable bonds is 12. The summed E-state index contributed by atoms with van der Waals surface area (Å²) in [7, 11) is 0. The molecule has 50 heavy (non-hydrogen) atoms. The van der Waals surface area contributed by atoms with Gasteiger partial charge in [-0.05, 0) is 94.8 Å². The Morgan fingerprint density at radius 3 is 1.90 bits per heavy atom. The number of carbonyl (C=O) groups is 4. The molecule has 3 amide bonds. The second-order valence-corrected chi connectivity index (χ2v) is 14.9. The van der Waals surface area contributed by atoms with Gasteiger partial charge in [0.15, 0.2) is 0 Å². The number of alkyl carbamates (subject to hydrolysis) is 1. The topological polar surface area (TPSA) is 154 Å². The fraction of sp³-hybridized carbons (Fsp3) is 0.436. The van der Waals surface area contributed by atoms with Gasteiger partial charge in [-0.2, -0.15) is 0 Å². The van der Waals surface area contributed by atoms with Crippen LogP contribution >= 0.6 is 0 Å². The molecule has 3 aromatic rings. The zero-order valence-electron chi connectivity index (χ0n) is 29.8. The first-order valence-corrected chi connectivity index (χ1v) is 16.9. The lowest BCUT2D eigenvalue weighted by Crippen LogP contribution is -2.56. The minimum absolute atomic E-state index is 0.0216. The van der Waals surface area contributed by atoms with E-state index in [-0.39, 0.29) is 30.3 Å². The average molecular weight is 688 g/mol. The Hall–Kier alpha value is -5.06. The summed E-state index contributed by atoms with van der Waals surface area (Å²) in [5.74, 6) is -1.90. The first-order valence-electron chi connectivity index (χ1n) is 16.9. The first-order chi connectivity index (χ1) is 23.4. The Kier molecular flexibility index (Phi) is 11.8. The highest BCUT2D eigenvalue weighted by molar-refractivity contribution is 5.94. The van der Waals surface area contributed by atoms with Crippen LogP contribution < -0.4 is 10.6 Å². The first kappa shape index (κ1) is 37.8. The minimum Gasteiger partial charge on any atom is -0.508 e. The second kappa shape index (κ2) is 15.7. The van der Waals surface area contributed by atoms with Gasteiger partial charge in [-0.15, -0.1) is 0 Å². The maximum absolute atomic E-state index is 14.8. The quantitative estimate of drug-likeness (QED) is 0.180. The van der Waals surface area contributed by atoms with Crippen molar-refractivity contribution in [3.8, 4) is 11.5 Å². The summed E-state index contributed by atoms with van der Waals surface area (Å²) < 4.78 is 11.2. The number of aromatic hydroxyl groups is 2. The molecule has 5 atom stereocenters. The lowest BCUT2D eigenvalue weighted by atomic mass is 9.98. The number of benzene rings is 3. The second-order valence-electron chi connectivity index (χ2n) is 14.9. The minimum atomic E-state index is -1.30. The van der Waals surface area contributed by atoms with Gasteiger partial charge in [0.2, 0.25) is 11.8 Å². The number of nitrogens with one attached hydrogen (secondary N) is 2. The Labute approximate surface area is 294 Å². The number of amides is 3. The Balaban J connectivity index is 1.77. The molecule has 0 radical (unpaired) electrons.